The Hall–Kier alpha value is -1.30. The zero-order valence-corrected chi connectivity index (χ0v) is 15.3. The molecule has 1 aromatic rings. The number of hydrogen-bond acceptors (Lipinski definition) is 5. The van der Waals surface area contributed by atoms with Crippen LogP contribution in [-0.4, -0.2) is 24.6 Å². The second kappa shape index (κ2) is 7.99. The molecule has 1 aliphatic rings. The molecule has 0 amide bonds. The van der Waals surface area contributed by atoms with Crippen molar-refractivity contribution in [1.29, 1.82) is 0 Å². The van der Waals surface area contributed by atoms with Gasteiger partial charge in [-0.2, -0.15) is 0 Å². The first-order valence-electron chi connectivity index (χ1n) is 7.98. The van der Waals surface area contributed by atoms with Crippen LogP contribution in [0.2, 0.25) is 0 Å². The van der Waals surface area contributed by atoms with Crippen LogP contribution >= 0.6 is 15.9 Å². The lowest BCUT2D eigenvalue weighted by Gasteiger charge is -2.36. The van der Waals surface area contributed by atoms with Crippen molar-refractivity contribution >= 4 is 27.9 Å². The fraction of sp³-hybridized carbons (Fsp3) is 0.647. The van der Waals surface area contributed by atoms with Crippen LogP contribution < -0.4 is 0 Å². The predicted octanol–water partition coefficient (Wildman–Crippen LogP) is 4.20. The Morgan fingerprint density at radius 1 is 1.35 bits per heavy atom. The standard InChI is InChI=1S/C17H23BrO5/c1-10(2)12-5-4-11(3)8-14(12)23-16(19)9-21-17(20)13-6-7-15(18)22-13/h6-7,10-12,14H,4-5,8-9H2,1-3H3/t11-,12-,14+/m1/s1. The van der Waals surface area contributed by atoms with E-state index in [0.29, 0.717) is 22.4 Å². The molecule has 1 saturated carbocycles. The van der Waals surface area contributed by atoms with Gasteiger partial charge in [0, 0.05) is 0 Å². The Balaban J connectivity index is 1.84. The minimum absolute atomic E-state index is 0.0519. The van der Waals surface area contributed by atoms with Crippen LogP contribution in [-0.2, 0) is 14.3 Å². The summed E-state index contributed by atoms with van der Waals surface area (Å²) in [6.07, 6.45) is 3.01. The van der Waals surface area contributed by atoms with Gasteiger partial charge in [0.1, 0.15) is 6.10 Å². The van der Waals surface area contributed by atoms with Gasteiger partial charge in [-0.05, 0) is 58.7 Å². The van der Waals surface area contributed by atoms with Crippen LogP contribution in [0.3, 0.4) is 0 Å². The number of ether oxygens (including phenoxy) is 2. The van der Waals surface area contributed by atoms with Crippen molar-refractivity contribution in [2.75, 3.05) is 6.61 Å². The monoisotopic (exact) mass is 386 g/mol. The molecule has 5 nitrogen and oxygen atoms in total. The Labute approximate surface area is 144 Å². The number of rotatable bonds is 5. The first-order valence-corrected chi connectivity index (χ1v) is 8.78. The van der Waals surface area contributed by atoms with Crippen LogP contribution in [0.15, 0.2) is 21.2 Å². The third kappa shape index (κ3) is 5.09. The number of hydrogen-bond donors (Lipinski definition) is 0. The average Bonchev–Trinajstić information content (AvgIpc) is 2.91. The van der Waals surface area contributed by atoms with Gasteiger partial charge in [-0.15, -0.1) is 0 Å². The molecule has 0 unspecified atom stereocenters. The SMILES string of the molecule is CC(C)[C@H]1CC[C@@H](C)C[C@@H]1OC(=O)COC(=O)c1ccc(Br)o1. The van der Waals surface area contributed by atoms with Gasteiger partial charge in [0.15, 0.2) is 11.3 Å². The van der Waals surface area contributed by atoms with Gasteiger partial charge in [-0.1, -0.05) is 27.2 Å². The quantitative estimate of drug-likeness (QED) is 0.709. The molecule has 0 bridgehead atoms. The maximum Gasteiger partial charge on any atom is 0.374 e. The van der Waals surface area contributed by atoms with Crippen molar-refractivity contribution in [2.45, 2.75) is 46.1 Å². The van der Waals surface area contributed by atoms with Crippen LogP contribution in [0.1, 0.15) is 50.6 Å². The molecule has 2 rings (SSSR count). The minimum atomic E-state index is -0.676. The van der Waals surface area contributed by atoms with E-state index in [1.165, 1.54) is 12.5 Å². The molecular weight excluding hydrogens is 364 g/mol. The van der Waals surface area contributed by atoms with E-state index in [-0.39, 0.29) is 11.9 Å². The van der Waals surface area contributed by atoms with Crippen molar-refractivity contribution in [3.8, 4) is 0 Å². The molecule has 3 atom stereocenters. The second-order valence-electron chi connectivity index (χ2n) is 6.53. The first kappa shape index (κ1) is 18.0. The van der Waals surface area contributed by atoms with Crippen LogP contribution in [0.5, 0.6) is 0 Å². The molecule has 0 spiro atoms. The van der Waals surface area contributed by atoms with Gasteiger partial charge >= 0.3 is 11.9 Å². The zero-order valence-electron chi connectivity index (χ0n) is 13.7. The highest BCUT2D eigenvalue weighted by atomic mass is 79.9. The third-order valence-corrected chi connectivity index (χ3v) is 4.77. The first-order chi connectivity index (χ1) is 10.9. The zero-order chi connectivity index (χ0) is 17.0. The molecule has 0 aliphatic heterocycles. The number of carbonyl (C=O) groups excluding carboxylic acids is 2. The Kier molecular flexibility index (Phi) is 6.27. The summed E-state index contributed by atoms with van der Waals surface area (Å²) in [5.74, 6) is 0.246. The van der Waals surface area contributed by atoms with Crippen LogP contribution in [0.4, 0.5) is 0 Å². The molecule has 1 aliphatic carbocycles. The number of furan rings is 1. The third-order valence-electron chi connectivity index (χ3n) is 4.34. The van der Waals surface area contributed by atoms with E-state index in [1.54, 1.807) is 6.07 Å². The topological polar surface area (TPSA) is 65.7 Å². The fourth-order valence-corrected chi connectivity index (χ4v) is 3.38. The molecule has 0 radical (unpaired) electrons. The molecule has 0 N–H and O–H groups in total. The summed E-state index contributed by atoms with van der Waals surface area (Å²) in [4.78, 5) is 23.7. The van der Waals surface area contributed by atoms with Crippen LogP contribution in [0, 0.1) is 17.8 Å². The Morgan fingerprint density at radius 3 is 2.70 bits per heavy atom. The lowest BCUT2D eigenvalue weighted by atomic mass is 9.75. The van der Waals surface area contributed by atoms with Crippen molar-refractivity contribution in [3.05, 3.63) is 22.6 Å². The smallest absolute Gasteiger partial charge is 0.374 e. The molecule has 6 heteroatoms. The van der Waals surface area contributed by atoms with Crippen molar-refractivity contribution in [2.24, 2.45) is 17.8 Å². The highest BCUT2D eigenvalue weighted by Crippen LogP contribution is 2.35. The maximum absolute atomic E-state index is 12.0. The fourth-order valence-electron chi connectivity index (χ4n) is 3.07. The molecule has 1 fully saturated rings. The normalized spacial score (nSPS) is 24.5. The van der Waals surface area contributed by atoms with Gasteiger partial charge in [-0.3, -0.25) is 0 Å². The molecule has 23 heavy (non-hydrogen) atoms. The van der Waals surface area contributed by atoms with Crippen molar-refractivity contribution in [1.82, 2.24) is 0 Å². The van der Waals surface area contributed by atoms with Crippen molar-refractivity contribution in [3.63, 3.8) is 0 Å². The molecule has 0 aromatic carbocycles. The van der Waals surface area contributed by atoms with Gasteiger partial charge in [0.25, 0.3) is 0 Å². The Morgan fingerprint density at radius 2 is 2.09 bits per heavy atom. The Bertz CT molecular complexity index is 551. The van der Waals surface area contributed by atoms with E-state index in [4.69, 9.17) is 13.9 Å². The summed E-state index contributed by atoms with van der Waals surface area (Å²) >= 11 is 3.11. The van der Waals surface area contributed by atoms with E-state index >= 15 is 0 Å². The highest BCUT2D eigenvalue weighted by molar-refractivity contribution is 9.10. The summed E-state index contributed by atoms with van der Waals surface area (Å²) < 4.78 is 16.0. The van der Waals surface area contributed by atoms with Gasteiger partial charge in [0.2, 0.25) is 5.76 Å². The maximum atomic E-state index is 12.0. The summed E-state index contributed by atoms with van der Waals surface area (Å²) in [6, 6.07) is 3.07. The molecule has 1 aromatic heterocycles. The molecule has 0 saturated heterocycles. The van der Waals surface area contributed by atoms with Gasteiger partial charge < -0.3 is 13.9 Å². The number of halogens is 1. The van der Waals surface area contributed by atoms with E-state index < -0.39 is 18.5 Å². The van der Waals surface area contributed by atoms with E-state index in [1.807, 2.05) is 0 Å². The number of esters is 2. The minimum Gasteiger partial charge on any atom is -0.460 e. The summed E-state index contributed by atoms with van der Waals surface area (Å²) in [7, 11) is 0. The highest BCUT2D eigenvalue weighted by Gasteiger charge is 2.33. The summed E-state index contributed by atoms with van der Waals surface area (Å²) in [6.45, 7) is 6.07. The van der Waals surface area contributed by atoms with E-state index in [0.717, 1.165) is 12.8 Å². The van der Waals surface area contributed by atoms with E-state index in [9.17, 15) is 9.59 Å². The molecule has 1 heterocycles. The molecular formula is C17H23BrO5. The van der Waals surface area contributed by atoms with Gasteiger partial charge in [0.05, 0.1) is 0 Å². The summed E-state index contributed by atoms with van der Waals surface area (Å²) in [5, 5.41) is 0. The predicted molar refractivity (Wildman–Crippen MR) is 87.9 cm³/mol. The number of carbonyl (C=O) groups is 2. The summed E-state index contributed by atoms with van der Waals surface area (Å²) in [5.41, 5.74) is 0. The molecule has 128 valence electrons. The van der Waals surface area contributed by atoms with Crippen LogP contribution in [0.25, 0.3) is 0 Å². The lowest BCUT2D eigenvalue weighted by molar-refractivity contribution is -0.159. The van der Waals surface area contributed by atoms with Gasteiger partial charge in [-0.25, -0.2) is 9.59 Å². The second-order valence-corrected chi connectivity index (χ2v) is 7.32. The van der Waals surface area contributed by atoms with Crippen molar-refractivity contribution < 1.29 is 23.5 Å². The average molecular weight is 387 g/mol. The lowest BCUT2D eigenvalue weighted by Crippen LogP contribution is -2.36. The largest absolute Gasteiger partial charge is 0.460 e. The van der Waals surface area contributed by atoms with E-state index in [2.05, 4.69) is 36.7 Å².